The second kappa shape index (κ2) is 9.65. The van der Waals surface area contributed by atoms with Gasteiger partial charge in [-0.15, -0.1) is 0 Å². The maximum absolute atomic E-state index is 12.2. The molecule has 0 aliphatic heterocycles. The van der Waals surface area contributed by atoms with Gasteiger partial charge >= 0.3 is 5.97 Å². The standard InChI is InChI=1S/C23H22N2O5/c1-15(2)13-21(27)24-17-9-7-16(8-10-17)19(26)14-29-23(28)12-11-22-25-18-5-3-4-6-20(18)30-22/h3-12,15H,13-14H2,1-2H3,(H,24,27)/b12-11+. The van der Waals surface area contributed by atoms with Crippen LogP contribution in [0.2, 0.25) is 0 Å². The van der Waals surface area contributed by atoms with Crippen molar-refractivity contribution < 1.29 is 23.5 Å². The quantitative estimate of drug-likeness (QED) is 0.341. The molecule has 3 rings (SSSR count). The van der Waals surface area contributed by atoms with Crippen LogP contribution < -0.4 is 5.32 Å². The van der Waals surface area contributed by atoms with Crippen LogP contribution in [0.4, 0.5) is 5.69 Å². The van der Waals surface area contributed by atoms with Crippen LogP contribution in [-0.2, 0) is 14.3 Å². The zero-order chi connectivity index (χ0) is 21.5. The van der Waals surface area contributed by atoms with Gasteiger partial charge in [-0.1, -0.05) is 26.0 Å². The van der Waals surface area contributed by atoms with Gasteiger partial charge < -0.3 is 14.5 Å². The monoisotopic (exact) mass is 406 g/mol. The minimum atomic E-state index is -0.678. The first-order valence-corrected chi connectivity index (χ1v) is 9.54. The van der Waals surface area contributed by atoms with Crippen molar-refractivity contribution in [2.45, 2.75) is 20.3 Å². The minimum absolute atomic E-state index is 0.0799. The molecule has 0 aliphatic carbocycles. The van der Waals surface area contributed by atoms with Gasteiger partial charge in [-0.25, -0.2) is 9.78 Å². The minimum Gasteiger partial charge on any atom is -0.454 e. The van der Waals surface area contributed by atoms with Crippen molar-refractivity contribution in [3.63, 3.8) is 0 Å². The number of anilines is 1. The molecule has 1 amide bonds. The first-order valence-electron chi connectivity index (χ1n) is 9.54. The van der Waals surface area contributed by atoms with Gasteiger partial charge in [0.15, 0.2) is 18.0 Å². The molecule has 154 valence electrons. The average molecular weight is 406 g/mol. The number of nitrogens with one attached hydrogen (secondary N) is 1. The Bertz CT molecular complexity index is 1050. The molecule has 0 unspecified atom stereocenters. The second-order valence-electron chi connectivity index (χ2n) is 7.11. The van der Waals surface area contributed by atoms with E-state index < -0.39 is 12.6 Å². The highest BCUT2D eigenvalue weighted by molar-refractivity contribution is 5.99. The third-order valence-electron chi connectivity index (χ3n) is 4.10. The first-order chi connectivity index (χ1) is 14.4. The molecule has 1 aromatic heterocycles. The molecule has 1 N–H and O–H groups in total. The third kappa shape index (κ3) is 5.88. The highest BCUT2D eigenvalue weighted by Gasteiger charge is 2.10. The number of benzene rings is 2. The van der Waals surface area contributed by atoms with E-state index in [1.54, 1.807) is 36.4 Å². The number of para-hydroxylation sites is 2. The van der Waals surface area contributed by atoms with Crippen LogP contribution in [0.1, 0.15) is 36.5 Å². The van der Waals surface area contributed by atoms with Gasteiger partial charge in [0.25, 0.3) is 0 Å². The highest BCUT2D eigenvalue weighted by Crippen LogP contribution is 2.15. The maximum atomic E-state index is 12.2. The summed E-state index contributed by atoms with van der Waals surface area (Å²) in [4.78, 5) is 40.0. The third-order valence-corrected chi connectivity index (χ3v) is 4.10. The number of carbonyl (C=O) groups excluding carboxylic acids is 3. The molecule has 30 heavy (non-hydrogen) atoms. The summed E-state index contributed by atoms with van der Waals surface area (Å²) in [7, 11) is 0. The number of ketones is 1. The summed E-state index contributed by atoms with van der Waals surface area (Å²) in [5.41, 5.74) is 2.29. The van der Waals surface area contributed by atoms with E-state index in [-0.39, 0.29) is 23.5 Å². The van der Waals surface area contributed by atoms with Crippen LogP contribution in [-0.4, -0.2) is 29.3 Å². The molecule has 2 aromatic carbocycles. The number of oxazole rings is 1. The lowest BCUT2D eigenvalue weighted by atomic mass is 10.1. The molecule has 0 saturated heterocycles. The average Bonchev–Trinajstić information content (AvgIpc) is 3.13. The second-order valence-corrected chi connectivity index (χ2v) is 7.11. The van der Waals surface area contributed by atoms with E-state index in [1.165, 1.54) is 6.08 Å². The van der Waals surface area contributed by atoms with Crippen LogP contribution in [0, 0.1) is 5.92 Å². The van der Waals surface area contributed by atoms with Crippen molar-refractivity contribution in [2.75, 3.05) is 11.9 Å². The largest absolute Gasteiger partial charge is 0.454 e. The van der Waals surface area contributed by atoms with Crippen molar-refractivity contribution in [3.8, 4) is 0 Å². The molecule has 3 aromatic rings. The Hall–Kier alpha value is -3.74. The molecule has 0 fully saturated rings. The van der Waals surface area contributed by atoms with Crippen molar-refractivity contribution in [1.82, 2.24) is 4.98 Å². The molecule has 0 atom stereocenters. The van der Waals surface area contributed by atoms with Gasteiger partial charge in [0.1, 0.15) is 5.52 Å². The van der Waals surface area contributed by atoms with E-state index in [4.69, 9.17) is 9.15 Å². The molecular weight excluding hydrogens is 384 g/mol. The number of Topliss-reactive ketones (excluding diaryl/α,β-unsaturated/α-hetero) is 1. The summed E-state index contributed by atoms with van der Waals surface area (Å²) in [6.07, 6.45) is 2.97. The van der Waals surface area contributed by atoms with Crippen LogP contribution in [0.5, 0.6) is 0 Å². The van der Waals surface area contributed by atoms with Crippen molar-refractivity contribution in [2.24, 2.45) is 5.92 Å². The number of rotatable bonds is 8. The van der Waals surface area contributed by atoms with Crippen LogP contribution in [0.25, 0.3) is 17.2 Å². The number of nitrogens with zero attached hydrogens (tertiary/aromatic N) is 1. The molecule has 0 aliphatic rings. The van der Waals surface area contributed by atoms with Gasteiger partial charge in [-0.2, -0.15) is 0 Å². The lowest BCUT2D eigenvalue weighted by Crippen LogP contribution is -2.14. The predicted octanol–water partition coefficient (Wildman–Crippen LogP) is 4.25. The molecular formula is C23H22N2O5. The van der Waals surface area contributed by atoms with Crippen LogP contribution in [0.15, 0.2) is 59.0 Å². The lowest BCUT2D eigenvalue weighted by molar-refractivity contribution is -0.136. The van der Waals surface area contributed by atoms with Gasteiger partial charge in [0.2, 0.25) is 11.8 Å². The summed E-state index contributed by atoms with van der Waals surface area (Å²) < 4.78 is 10.4. The molecule has 0 bridgehead atoms. The van der Waals surface area contributed by atoms with Gasteiger partial charge in [-0.05, 0) is 42.3 Å². The van der Waals surface area contributed by atoms with Gasteiger partial charge in [-0.3, -0.25) is 9.59 Å². The number of esters is 1. The van der Waals surface area contributed by atoms with E-state index >= 15 is 0 Å². The van der Waals surface area contributed by atoms with Crippen LogP contribution in [0.3, 0.4) is 0 Å². The van der Waals surface area contributed by atoms with Crippen molar-refractivity contribution in [1.29, 1.82) is 0 Å². The number of hydrogen-bond donors (Lipinski definition) is 1. The number of aromatic nitrogens is 1. The molecule has 0 radical (unpaired) electrons. The number of hydrogen-bond acceptors (Lipinski definition) is 6. The molecule has 0 spiro atoms. The molecule has 1 heterocycles. The van der Waals surface area contributed by atoms with E-state index in [2.05, 4.69) is 10.3 Å². The fourth-order valence-electron chi connectivity index (χ4n) is 2.69. The number of fused-ring (bicyclic) bond motifs is 1. The molecule has 7 heteroatoms. The Kier molecular flexibility index (Phi) is 6.75. The fourth-order valence-corrected chi connectivity index (χ4v) is 2.69. The lowest BCUT2D eigenvalue weighted by Gasteiger charge is -2.08. The zero-order valence-electron chi connectivity index (χ0n) is 16.8. The summed E-state index contributed by atoms with van der Waals surface area (Å²) in [6, 6.07) is 13.7. The van der Waals surface area contributed by atoms with E-state index in [0.29, 0.717) is 28.8 Å². The first kappa shape index (κ1) is 21.0. The number of carbonyl (C=O) groups is 3. The molecule has 7 nitrogen and oxygen atoms in total. The predicted molar refractivity (Wildman–Crippen MR) is 113 cm³/mol. The van der Waals surface area contributed by atoms with E-state index in [0.717, 1.165) is 6.08 Å². The van der Waals surface area contributed by atoms with E-state index in [9.17, 15) is 14.4 Å². The number of amides is 1. The summed E-state index contributed by atoms with van der Waals surface area (Å²) in [5.74, 6) is -0.572. The Labute approximate surface area is 173 Å². The normalized spacial score (nSPS) is 11.2. The summed E-state index contributed by atoms with van der Waals surface area (Å²) in [6.45, 7) is 3.53. The van der Waals surface area contributed by atoms with Gasteiger partial charge in [0, 0.05) is 29.8 Å². The Morgan fingerprint density at radius 2 is 1.83 bits per heavy atom. The Balaban J connectivity index is 1.49. The van der Waals surface area contributed by atoms with Crippen LogP contribution >= 0.6 is 0 Å². The SMILES string of the molecule is CC(C)CC(=O)Nc1ccc(C(=O)COC(=O)/C=C/c2nc3ccccc3o2)cc1. The summed E-state index contributed by atoms with van der Waals surface area (Å²) >= 11 is 0. The maximum Gasteiger partial charge on any atom is 0.331 e. The highest BCUT2D eigenvalue weighted by atomic mass is 16.5. The summed E-state index contributed by atoms with van der Waals surface area (Å²) in [5, 5.41) is 2.77. The molecule has 0 saturated carbocycles. The topological polar surface area (TPSA) is 98.5 Å². The fraction of sp³-hybridized carbons (Fsp3) is 0.217. The number of ether oxygens (including phenoxy) is 1. The van der Waals surface area contributed by atoms with Crippen molar-refractivity contribution >= 4 is 40.5 Å². The Morgan fingerprint density at radius 1 is 1.10 bits per heavy atom. The van der Waals surface area contributed by atoms with Crippen molar-refractivity contribution in [3.05, 3.63) is 66.1 Å². The smallest absolute Gasteiger partial charge is 0.331 e. The van der Waals surface area contributed by atoms with E-state index in [1.807, 2.05) is 26.0 Å². The Morgan fingerprint density at radius 3 is 2.53 bits per heavy atom. The zero-order valence-corrected chi connectivity index (χ0v) is 16.8. The van der Waals surface area contributed by atoms with Gasteiger partial charge in [0.05, 0.1) is 0 Å².